The lowest BCUT2D eigenvalue weighted by Gasteiger charge is -2.34. The van der Waals surface area contributed by atoms with Gasteiger partial charge in [-0.3, -0.25) is 19.9 Å². The highest BCUT2D eigenvalue weighted by Gasteiger charge is 2.25. The number of aromatic nitrogens is 3. The number of thiazole rings is 1. The van der Waals surface area contributed by atoms with Gasteiger partial charge in [0.1, 0.15) is 5.69 Å². The van der Waals surface area contributed by atoms with Gasteiger partial charge in [0.25, 0.3) is 5.91 Å². The summed E-state index contributed by atoms with van der Waals surface area (Å²) in [5.74, 6) is -0.476. The smallest absolute Gasteiger partial charge is 0.409 e. The lowest BCUT2D eigenvalue weighted by Crippen LogP contribution is -2.51. The van der Waals surface area contributed by atoms with E-state index in [1.807, 2.05) is 0 Å². The molecule has 1 aliphatic heterocycles. The molecule has 28 heavy (non-hydrogen) atoms. The zero-order chi connectivity index (χ0) is 19.9. The van der Waals surface area contributed by atoms with E-state index < -0.39 is 5.91 Å². The second kappa shape index (κ2) is 9.22. The van der Waals surface area contributed by atoms with Crippen LogP contribution in [0.15, 0.2) is 24.0 Å². The molecular formula is C17H20N6O4S. The molecule has 3 rings (SSSR count). The minimum atomic E-state index is -0.407. The maximum atomic E-state index is 12.5. The molecule has 10 nitrogen and oxygen atoms in total. The van der Waals surface area contributed by atoms with Crippen LogP contribution in [0.4, 0.5) is 9.93 Å². The molecule has 3 heterocycles. The summed E-state index contributed by atoms with van der Waals surface area (Å²) in [6.45, 7) is 3.89. The lowest BCUT2D eigenvalue weighted by atomic mass is 10.2. The van der Waals surface area contributed by atoms with E-state index in [0.29, 0.717) is 43.6 Å². The summed E-state index contributed by atoms with van der Waals surface area (Å²) in [7, 11) is 0. The van der Waals surface area contributed by atoms with Crippen molar-refractivity contribution in [2.45, 2.75) is 13.3 Å². The average Bonchev–Trinajstić information content (AvgIpc) is 3.15. The number of nitrogens with zero attached hydrogens (tertiary/aromatic N) is 5. The summed E-state index contributed by atoms with van der Waals surface area (Å²) < 4.78 is 4.97. The molecule has 0 atom stereocenters. The first-order valence-electron chi connectivity index (χ1n) is 8.78. The van der Waals surface area contributed by atoms with Crippen LogP contribution >= 0.6 is 11.3 Å². The maximum absolute atomic E-state index is 12.5. The number of hydrogen-bond donors (Lipinski definition) is 1. The molecule has 2 aromatic rings. The molecule has 148 valence electrons. The summed E-state index contributed by atoms with van der Waals surface area (Å²) in [5, 5.41) is 4.77. The highest BCUT2D eigenvalue weighted by Crippen LogP contribution is 2.17. The molecule has 1 saturated heterocycles. The van der Waals surface area contributed by atoms with Crippen LogP contribution in [0.2, 0.25) is 0 Å². The Balaban J connectivity index is 1.49. The van der Waals surface area contributed by atoms with Gasteiger partial charge in [0.15, 0.2) is 5.13 Å². The van der Waals surface area contributed by atoms with E-state index in [1.54, 1.807) is 22.1 Å². The van der Waals surface area contributed by atoms with Crippen molar-refractivity contribution in [3.05, 3.63) is 35.4 Å². The number of carbonyl (C=O) groups excluding carboxylic acids is 3. The molecule has 0 aliphatic carbocycles. The van der Waals surface area contributed by atoms with E-state index in [4.69, 9.17) is 4.74 Å². The normalized spacial score (nSPS) is 13.9. The molecule has 0 saturated carbocycles. The summed E-state index contributed by atoms with van der Waals surface area (Å²) in [4.78, 5) is 51.6. The van der Waals surface area contributed by atoms with Crippen molar-refractivity contribution in [1.29, 1.82) is 0 Å². The molecule has 1 fully saturated rings. The second-order valence-electron chi connectivity index (χ2n) is 5.93. The molecule has 0 spiro atoms. The quantitative estimate of drug-likeness (QED) is 0.791. The van der Waals surface area contributed by atoms with E-state index >= 15 is 0 Å². The van der Waals surface area contributed by atoms with Gasteiger partial charge in [-0.25, -0.2) is 14.8 Å². The van der Waals surface area contributed by atoms with Gasteiger partial charge in [-0.2, -0.15) is 0 Å². The fourth-order valence-corrected chi connectivity index (χ4v) is 3.35. The molecule has 3 amide bonds. The first-order chi connectivity index (χ1) is 13.6. The van der Waals surface area contributed by atoms with Crippen LogP contribution in [0.1, 0.15) is 23.1 Å². The Morgan fingerprint density at radius 3 is 2.61 bits per heavy atom. The molecule has 11 heteroatoms. The highest BCUT2D eigenvalue weighted by atomic mass is 32.1. The van der Waals surface area contributed by atoms with E-state index in [0.717, 1.165) is 0 Å². The van der Waals surface area contributed by atoms with Gasteiger partial charge in [0, 0.05) is 44.0 Å². The standard InChI is InChI=1S/C17H20N6O4S/c1-2-27-17(26)23-7-5-22(6-8-23)14(24)9-12-11-28-16(20-12)21-15(25)13-10-18-3-4-19-13/h3-4,10-11H,2,5-9H2,1H3,(H,20,21,25). The third-order valence-corrected chi connectivity index (χ3v) is 4.87. The average molecular weight is 404 g/mol. The maximum Gasteiger partial charge on any atom is 0.409 e. The molecule has 1 N–H and O–H groups in total. The fourth-order valence-electron chi connectivity index (χ4n) is 2.64. The second-order valence-corrected chi connectivity index (χ2v) is 6.79. The number of amides is 3. The number of rotatable bonds is 5. The first kappa shape index (κ1) is 19.7. The molecule has 0 unspecified atom stereocenters. The molecular weight excluding hydrogens is 384 g/mol. The van der Waals surface area contributed by atoms with Gasteiger partial charge in [-0.15, -0.1) is 11.3 Å². The van der Waals surface area contributed by atoms with Crippen molar-refractivity contribution < 1.29 is 19.1 Å². The lowest BCUT2D eigenvalue weighted by molar-refractivity contribution is -0.132. The van der Waals surface area contributed by atoms with Crippen LogP contribution in [-0.4, -0.2) is 75.4 Å². The van der Waals surface area contributed by atoms with E-state index in [9.17, 15) is 14.4 Å². The summed E-state index contributed by atoms with van der Waals surface area (Å²) in [6, 6.07) is 0. The Bertz CT molecular complexity index is 835. The Kier molecular flexibility index (Phi) is 6.48. The molecule has 1 aliphatic rings. The molecule has 0 radical (unpaired) electrons. The zero-order valence-electron chi connectivity index (χ0n) is 15.3. The number of hydrogen-bond acceptors (Lipinski definition) is 8. The van der Waals surface area contributed by atoms with Crippen LogP contribution in [0.3, 0.4) is 0 Å². The number of ether oxygens (including phenoxy) is 1. The Labute approximate surface area is 165 Å². The fraction of sp³-hybridized carbons (Fsp3) is 0.412. The third kappa shape index (κ3) is 5.00. The predicted molar refractivity (Wildman–Crippen MR) is 101 cm³/mol. The number of nitrogens with one attached hydrogen (secondary N) is 1. The van der Waals surface area contributed by atoms with Crippen LogP contribution in [-0.2, 0) is 16.0 Å². The van der Waals surface area contributed by atoms with Gasteiger partial charge >= 0.3 is 6.09 Å². The van der Waals surface area contributed by atoms with Gasteiger partial charge in [-0.1, -0.05) is 0 Å². The topological polar surface area (TPSA) is 118 Å². The van der Waals surface area contributed by atoms with Crippen molar-refractivity contribution in [3.63, 3.8) is 0 Å². The highest BCUT2D eigenvalue weighted by molar-refractivity contribution is 7.14. The van der Waals surface area contributed by atoms with Crippen LogP contribution in [0.5, 0.6) is 0 Å². The van der Waals surface area contributed by atoms with Crippen LogP contribution < -0.4 is 5.32 Å². The number of piperazine rings is 1. The monoisotopic (exact) mass is 404 g/mol. The van der Waals surface area contributed by atoms with Gasteiger partial charge in [-0.05, 0) is 6.92 Å². The molecule has 2 aromatic heterocycles. The van der Waals surface area contributed by atoms with Gasteiger partial charge < -0.3 is 14.5 Å². The number of anilines is 1. The van der Waals surface area contributed by atoms with Crippen LogP contribution in [0, 0.1) is 0 Å². The minimum Gasteiger partial charge on any atom is -0.450 e. The predicted octanol–water partition coefficient (Wildman–Crippen LogP) is 1.03. The van der Waals surface area contributed by atoms with Crippen molar-refractivity contribution in [1.82, 2.24) is 24.8 Å². The van der Waals surface area contributed by atoms with Crippen molar-refractivity contribution in [3.8, 4) is 0 Å². The van der Waals surface area contributed by atoms with Gasteiger partial charge in [0.05, 0.1) is 24.9 Å². The van der Waals surface area contributed by atoms with E-state index in [-0.39, 0.29) is 24.1 Å². The molecule has 0 aromatic carbocycles. The largest absolute Gasteiger partial charge is 0.450 e. The minimum absolute atomic E-state index is 0.0689. The third-order valence-electron chi connectivity index (χ3n) is 4.06. The van der Waals surface area contributed by atoms with Crippen molar-refractivity contribution in [2.75, 3.05) is 38.1 Å². The van der Waals surface area contributed by atoms with Crippen molar-refractivity contribution >= 4 is 34.4 Å². The van der Waals surface area contributed by atoms with Crippen molar-refractivity contribution in [2.24, 2.45) is 0 Å². The molecule has 0 bridgehead atoms. The summed E-state index contributed by atoms with van der Waals surface area (Å²) in [5.41, 5.74) is 0.770. The first-order valence-corrected chi connectivity index (χ1v) is 9.66. The van der Waals surface area contributed by atoms with Gasteiger partial charge in [0.2, 0.25) is 5.91 Å². The van der Waals surface area contributed by atoms with E-state index in [2.05, 4.69) is 20.3 Å². The zero-order valence-corrected chi connectivity index (χ0v) is 16.1. The number of carbonyl (C=O) groups is 3. The summed E-state index contributed by atoms with van der Waals surface area (Å²) in [6.07, 6.45) is 4.07. The Morgan fingerprint density at radius 2 is 1.93 bits per heavy atom. The Hall–Kier alpha value is -3.08. The van der Waals surface area contributed by atoms with Crippen LogP contribution in [0.25, 0.3) is 0 Å². The summed E-state index contributed by atoms with van der Waals surface area (Å²) >= 11 is 1.24. The van der Waals surface area contributed by atoms with E-state index in [1.165, 1.54) is 29.9 Å². The Morgan fingerprint density at radius 1 is 1.18 bits per heavy atom. The SMILES string of the molecule is CCOC(=O)N1CCN(C(=O)Cc2csc(NC(=O)c3cnccn3)n2)CC1.